The average molecular weight is 201 g/mol. The summed E-state index contributed by atoms with van der Waals surface area (Å²) in [5, 5.41) is 2.57. The molecular weight excluding hydrogens is 192 g/mol. The number of methoxy groups -OCH3 is 1. The number of halogens is 2. The number of hydrogen-bond donors (Lipinski definition) is 1. The Hall–Kier alpha value is -1.52. The van der Waals surface area contributed by atoms with Gasteiger partial charge in [-0.2, -0.15) is 8.78 Å². The molecule has 1 aromatic carbocycles. The van der Waals surface area contributed by atoms with Crippen LogP contribution < -0.4 is 14.8 Å². The third-order valence-corrected chi connectivity index (χ3v) is 1.93. The summed E-state index contributed by atoms with van der Waals surface area (Å²) in [6.45, 7) is -0.508. The third-order valence-electron chi connectivity index (χ3n) is 1.93. The molecule has 0 saturated heterocycles. The second-order valence-corrected chi connectivity index (χ2v) is 2.96. The molecule has 0 amide bonds. The molecule has 1 aromatic rings. The van der Waals surface area contributed by atoms with Crippen LogP contribution in [0.25, 0.3) is 0 Å². The molecule has 3 nitrogen and oxygen atoms in total. The maximum Gasteiger partial charge on any atom is 0.415 e. The molecule has 0 unspecified atom stereocenters. The van der Waals surface area contributed by atoms with E-state index in [1.54, 1.807) is 12.1 Å². The number of fused-ring (bicyclic) bond motifs is 1. The quantitative estimate of drug-likeness (QED) is 0.754. The van der Waals surface area contributed by atoms with E-state index in [1.165, 1.54) is 13.2 Å². The van der Waals surface area contributed by atoms with Crippen molar-refractivity contribution in [2.24, 2.45) is 0 Å². The van der Waals surface area contributed by atoms with Gasteiger partial charge in [0.15, 0.2) is 5.75 Å². The standard InChI is InChI=1S/C9H9F2NO2/c1-13-6-2-3-7-8(4-6)14-9(10,11)5-12-7/h2-4,12H,5H2,1H3. The van der Waals surface area contributed by atoms with Crippen molar-refractivity contribution in [3.05, 3.63) is 18.2 Å². The lowest BCUT2D eigenvalue weighted by atomic mass is 10.2. The average Bonchev–Trinajstić information content (AvgIpc) is 2.15. The van der Waals surface area contributed by atoms with Crippen LogP contribution in [-0.2, 0) is 0 Å². The second-order valence-electron chi connectivity index (χ2n) is 2.96. The number of benzene rings is 1. The van der Waals surface area contributed by atoms with Gasteiger partial charge in [-0.1, -0.05) is 0 Å². The fraction of sp³-hybridized carbons (Fsp3) is 0.333. The summed E-state index contributed by atoms with van der Waals surface area (Å²) < 4.78 is 35.0. The summed E-state index contributed by atoms with van der Waals surface area (Å²) in [6, 6.07) is 4.75. The zero-order valence-electron chi connectivity index (χ0n) is 7.51. The molecule has 2 rings (SSSR count). The molecular formula is C9H9F2NO2. The normalized spacial score (nSPS) is 17.6. The number of rotatable bonds is 1. The van der Waals surface area contributed by atoms with Crippen molar-refractivity contribution in [2.75, 3.05) is 19.0 Å². The Bertz CT molecular complexity index is 355. The Morgan fingerprint density at radius 1 is 1.50 bits per heavy atom. The Balaban J connectivity index is 2.34. The summed E-state index contributed by atoms with van der Waals surface area (Å²) in [5.41, 5.74) is 0.553. The Morgan fingerprint density at radius 3 is 3.00 bits per heavy atom. The molecule has 1 heterocycles. The van der Waals surface area contributed by atoms with Gasteiger partial charge in [-0.25, -0.2) is 0 Å². The predicted octanol–water partition coefficient (Wildman–Crippen LogP) is 2.09. The van der Waals surface area contributed by atoms with Crippen LogP contribution >= 0.6 is 0 Å². The van der Waals surface area contributed by atoms with Gasteiger partial charge in [0.2, 0.25) is 0 Å². The Morgan fingerprint density at radius 2 is 2.29 bits per heavy atom. The first kappa shape index (κ1) is 9.05. The molecule has 0 fully saturated rings. The lowest BCUT2D eigenvalue weighted by molar-refractivity contribution is -0.166. The van der Waals surface area contributed by atoms with Crippen molar-refractivity contribution in [3.63, 3.8) is 0 Å². The smallest absolute Gasteiger partial charge is 0.415 e. The first-order chi connectivity index (χ1) is 6.61. The Kier molecular flexibility index (Phi) is 1.94. The van der Waals surface area contributed by atoms with Crippen molar-refractivity contribution < 1.29 is 18.3 Å². The summed E-state index contributed by atoms with van der Waals surface area (Å²) in [5.74, 6) is 0.601. The van der Waals surface area contributed by atoms with Gasteiger partial charge in [0, 0.05) is 6.07 Å². The first-order valence-corrected chi connectivity index (χ1v) is 4.09. The van der Waals surface area contributed by atoms with E-state index < -0.39 is 12.7 Å². The number of ether oxygens (including phenoxy) is 2. The van der Waals surface area contributed by atoms with Gasteiger partial charge in [-0.05, 0) is 12.1 Å². The second kappa shape index (κ2) is 3.01. The van der Waals surface area contributed by atoms with Crippen molar-refractivity contribution in [1.29, 1.82) is 0 Å². The molecule has 0 atom stereocenters. The monoisotopic (exact) mass is 201 g/mol. The Labute approximate surface area is 79.6 Å². The minimum atomic E-state index is -3.15. The van der Waals surface area contributed by atoms with E-state index in [4.69, 9.17) is 4.74 Å². The first-order valence-electron chi connectivity index (χ1n) is 4.09. The van der Waals surface area contributed by atoms with E-state index >= 15 is 0 Å². The SMILES string of the molecule is COc1ccc2c(c1)OC(F)(F)CN2. The maximum absolute atomic E-state index is 12.8. The molecule has 1 aliphatic heterocycles. The van der Waals surface area contributed by atoms with Gasteiger partial charge < -0.3 is 14.8 Å². The number of anilines is 1. The fourth-order valence-corrected chi connectivity index (χ4v) is 1.26. The van der Waals surface area contributed by atoms with Crippen LogP contribution in [0.1, 0.15) is 0 Å². The zero-order valence-corrected chi connectivity index (χ0v) is 7.51. The van der Waals surface area contributed by atoms with Crippen LogP contribution in [0, 0.1) is 0 Å². The summed E-state index contributed by atoms with van der Waals surface area (Å²) in [4.78, 5) is 0. The highest BCUT2D eigenvalue weighted by atomic mass is 19.3. The summed E-state index contributed by atoms with van der Waals surface area (Å²) in [6.07, 6.45) is -3.15. The van der Waals surface area contributed by atoms with Crippen LogP contribution in [0.5, 0.6) is 11.5 Å². The highest BCUT2D eigenvalue weighted by molar-refractivity contribution is 5.60. The highest BCUT2D eigenvalue weighted by Gasteiger charge is 2.36. The van der Waals surface area contributed by atoms with Crippen molar-refractivity contribution in [2.45, 2.75) is 6.11 Å². The van der Waals surface area contributed by atoms with Gasteiger partial charge in [0.1, 0.15) is 12.3 Å². The van der Waals surface area contributed by atoms with Crippen LogP contribution in [0.4, 0.5) is 14.5 Å². The molecule has 0 aromatic heterocycles. The molecule has 0 bridgehead atoms. The van der Waals surface area contributed by atoms with Crippen molar-refractivity contribution in [1.82, 2.24) is 0 Å². The summed E-state index contributed by atoms with van der Waals surface area (Å²) >= 11 is 0. The highest BCUT2D eigenvalue weighted by Crippen LogP contribution is 2.36. The molecule has 5 heteroatoms. The van der Waals surface area contributed by atoms with Gasteiger partial charge in [0.25, 0.3) is 0 Å². The fourth-order valence-electron chi connectivity index (χ4n) is 1.26. The largest absolute Gasteiger partial charge is 0.497 e. The molecule has 1 aliphatic rings. The molecule has 0 radical (unpaired) electrons. The molecule has 0 spiro atoms. The van der Waals surface area contributed by atoms with Crippen LogP contribution in [0.2, 0.25) is 0 Å². The predicted molar refractivity (Wildman–Crippen MR) is 47.1 cm³/mol. The van der Waals surface area contributed by atoms with Gasteiger partial charge in [-0.15, -0.1) is 0 Å². The van der Waals surface area contributed by atoms with Gasteiger partial charge in [-0.3, -0.25) is 0 Å². The molecule has 1 N–H and O–H groups in total. The molecule has 0 aliphatic carbocycles. The third kappa shape index (κ3) is 1.57. The topological polar surface area (TPSA) is 30.5 Å². The van der Waals surface area contributed by atoms with E-state index in [0.717, 1.165) is 0 Å². The van der Waals surface area contributed by atoms with Crippen LogP contribution in [-0.4, -0.2) is 19.8 Å². The number of hydrogen-bond acceptors (Lipinski definition) is 3. The minimum Gasteiger partial charge on any atom is -0.497 e. The van der Waals surface area contributed by atoms with E-state index in [-0.39, 0.29) is 5.75 Å². The maximum atomic E-state index is 12.8. The van der Waals surface area contributed by atoms with Gasteiger partial charge >= 0.3 is 6.11 Å². The van der Waals surface area contributed by atoms with Crippen molar-refractivity contribution in [3.8, 4) is 11.5 Å². The number of alkyl halides is 2. The van der Waals surface area contributed by atoms with E-state index in [1.807, 2.05) is 0 Å². The van der Waals surface area contributed by atoms with Gasteiger partial charge in [0.05, 0.1) is 12.8 Å². The number of nitrogens with one attached hydrogen (secondary N) is 1. The minimum absolute atomic E-state index is 0.112. The van der Waals surface area contributed by atoms with E-state index in [0.29, 0.717) is 11.4 Å². The summed E-state index contributed by atoms with van der Waals surface area (Å²) in [7, 11) is 1.47. The van der Waals surface area contributed by atoms with E-state index in [9.17, 15) is 8.78 Å². The van der Waals surface area contributed by atoms with Crippen LogP contribution in [0.15, 0.2) is 18.2 Å². The molecule has 0 saturated carbocycles. The molecule has 14 heavy (non-hydrogen) atoms. The van der Waals surface area contributed by atoms with Crippen LogP contribution in [0.3, 0.4) is 0 Å². The molecule has 76 valence electrons. The van der Waals surface area contributed by atoms with E-state index in [2.05, 4.69) is 10.1 Å². The zero-order chi connectivity index (χ0) is 10.2. The lowest BCUT2D eigenvalue weighted by Gasteiger charge is -2.26. The lowest BCUT2D eigenvalue weighted by Crippen LogP contribution is -2.37. The van der Waals surface area contributed by atoms with Crippen molar-refractivity contribution >= 4 is 5.69 Å².